The van der Waals surface area contributed by atoms with E-state index in [-0.39, 0.29) is 5.91 Å². The number of hydrogen-bond acceptors (Lipinski definition) is 3. The minimum absolute atomic E-state index is 0.315. The Morgan fingerprint density at radius 3 is 1.93 bits per heavy atom. The number of nitrogens with one attached hydrogen (secondary N) is 1. The van der Waals surface area contributed by atoms with Crippen molar-refractivity contribution in [2.75, 3.05) is 4.90 Å². The fourth-order valence-corrected chi connectivity index (χ4v) is 3.45. The van der Waals surface area contributed by atoms with E-state index in [2.05, 4.69) is 72.2 Å². The second kappa shape index (κ2) is 9.19. The Kier molecular flexibility index (Phi) is 6.44. The third kappa shape index (κ3) is 4.66. The number of unbranched alkanes of at least 4 members (excludes halogenated alkanes) is 3. The number of allylic oxidation sites excluding steroid dienone is 1. The van der Waals surface area contributed by atoms with Gasteiger partial charge >= 0.3 is 0 Å². The number of carbonyl (C=O) groups is 1. The van der Waals surface area contributed by atoms with E-state index in [1.54, 1.807) is 5.48 Å². The molecular weight excluding hydrogens is 336 g/mol. The predicted octanol–water partition coefficient (Wildman–Crippen LogP) is 5.67. The zero-order valence-electron chi connectivity index (χ0n) is 15.5. The fourth-order valence-electron chi connectivity index (χ4n) is 3.45. The van der Waals surface area contributed by atoms with E-state index in [1.807, 2.05) is 0 Å². The second-order valence-electron chi connectivity index (χ2n) is 6.80. The average Bonchev–Trinajstić information content (AvgIpc) is 2.87. The third-order valence-corrected chi connectivity index (χ3v) is 4.86. The van der Waals surface area contributed by atoms with Gasteiger partial charge in [0.1, 0.15) is 0 Å². The van der Waals surface area contributed by atoms with Gasteiger partial charge in [0.05, 0.1) is 11.4 Å². The fraction of sp³-hybridized carbons (Fsp3) is 0.261. The smallest absolute Gasteiger partial charge is 0.243 e. The van der Waals surface area contributed by atoms with Crippen LogP contribution < -0.4 is 10.4 Å². The van der Waals surface area contributed by atoms with E-state index in [1.165, 1.54) is 11.1 Å². The summed E-state index contributed by atoms with van der Waals surface area (Å²) in [6, 6.07) is 16.8. The van der Waals surface area contributed by atoms with Crippen molar-refractivity contribution in [3.8, 4) is 0 Å². The Labute approximate surface area is 160 Å². The van der Waals surface area contributed by atoms with Gasteiger partial charge in [-0.1, -0.05) is 68.0 Å². The monoisotopic (exact) mass is 362 g/mol. The Hall–Kier alpha value is -2.85. The molecule has 0 saturated heterocycles. The number of amides is 1. The maximum absolute atomic E-state index is 11.0. The van der Waals surface area contributed by atoms with Gasteiger partial charge in [0.25, 0.3) is 0 Å². The Morgan fingerprint density at radius 1 is 0.852 bits per heavy atom. The lowest BCUT2D eigenvalue weighted by Gasteiger charge is -2.29. The van der Waals surface area contributed by atoms with Gasteiger partial charge in [-0.2, -0.15) is 0 Å². The Bertz CT molecular complexity index is 792. The number of carbonyl (C=O) groups excluding carboxylic acids is 1. The molecule has 0 bridgehead atoms. The Morgan fingerprint density at radius 2 is 1.37 bits per heavy atom. The summed E-state index contributed by atoms with van der Waals surface area (Å²) in [4.78, 5) is 13.3. The van der Waals surface area contributed by atoms with Crippen LogP contribution in [-0.2, 0) is 4.79 Å². The summed E-state index contributed by atoms with van der Waals surface area (Å²) in [6.45, 7) is 4.38. The van der Waals surface area contributed by atoms with Crippen molar-refractivity contribution in [2.45, 2.75) is 38.5 Å². The van der Waals surface area contributed by atoms with Crippen molar-refractivity contribution >= 4 is 29.4 Å². The first-order valence-corrected chi connectivity index (χ1v) is 9.47. The third-order valence-electron chi connectivity index (χ3n) is 4.86. The molecule has 1 amide bonds. The van der Waals surface area contributed by atoms with Gasteiger partial charge in [-0.05, 0) is 42.5 Å². The molecule has 140 valence electrons. The van der Waals surface area contributed by atoms with Crippen molar-refractivity contribution in [3.63, 3.8) is 0 Å². The number of anilines is 2. The summed E-state index contributed by atoms with van der Waals surface area (Å²) in [7, 11) is 0. The van der Waals surface area contributed by atoms with Gasteiger partial charge < -0.3 is 4.90 Å². The van der Waals surface area contributed by atoms with Gasteiger partial charge in [0, 0.05) is 12.1 Å². The lowest BCUT2D eigenvalue weighted by Crippen LogP contribution is -2.17. The van der Waals surface area contributed by atoms with Crippen molar-refractivity contribution in [2.24, 2.45) is 0 Å². The predicted molar refractivity (Wildman–Crippen MR) is 111 cm³/mol. The Balaban J connectivity index is 1.67. The normalized spacial score (nSPS) is 12.1. The lowest BCUT2D eigenvalue weighted by molar-refractivity contribution is -0.129. The number of rotatable bonds is 8. The van der Waals surface area contributed by atoms with Gasteiger partial charge in [0.15, 0.2) is 0 Å². The van der Waals surface area contributed by atoms with Gasteiger partial charge in [-0.15, -0.1) is 0 Å². The highest BCUT2D eigenvalue weighted by Crippen LogP contribution is 2.39. The highest BCUT2D eigenvalue weighted by atomic mass is 16.5. The van der Waals surface area contributed by atoms with Crippen LogP contribution in [0.4, 0.5) is 11.4 Å². The number of fused-ring (bicyclic) bond motifs is 2. The molecule has 3 rings (SSSR count). The summed E-state index contributed by atoms with van der Waals surface area (Å²) in [5.74, 6) is -0.315. The molecule has 2 N–H and O–H groups in total. The molecule has 1 aliphatic heterocycles. The van der Waals surface area contributed by atoms with Crippen LogP contribution in [0, 0.1) is 0 Å². The maximum Gasteiger partial charge on any atom is 0.243 e. The molecule has 1 heterocycles. The van der Waals surface area contributed by atoms with Crippen LogP contribution in [0.15, 0.2) is 60.8 Å². The van der Waals surface area contributed by atoms with Crippen LogP contribution >= 0.6 is 0 Å². The number of hydrogen-bond donors (Lipinski definition) is 2. The van der Waals surface area contributed by atoms with E-state index < -0.39 is 0 Å². The number of hydroxylamine groups is 1. The largest absolute Gasteiger partial charge is 0.314 e. The average molecular weight is 362 g/mol. The molecule has 2 aromatic carbocycles. The number of benzene rings is 2. The van der Waals surface area contributed by atoms with E-state index >= 15 is 0 Å². The first-order chi connectivity index (χ1) is 13.2. The summed E-state index contributed by atoms with van der Waals surface area (Å²) in [6.07, 6.45) is 9.40. The van der Waals surface area contributed by atoms with E-state index in [4.69, 9.17) is 5.21 Å². The highest BCUT2D eigenvalue weighted by Gasteiger charge is 2.19. The van der Waals surface area contributed by atoms with Crippen LogP contribution in [0.1, 0.15) is 49.7 Å². The summed E-state index contributed by atoms with van der Waals surface area (Å²) in [5.41, 5.74) is 7.43. The number of nitrogens with zero attached hydrogens (tertiary/aromatic N) is 1. The molecule has 0 unspecified atom stereocenters. The van der Waals surface area contributed by atoms with Crippen molar-refractivity contribution in [1.82, 2.24) is 5.48 Å². The topological polar surface area (TPSA) is 52.6 Å². The van der Waals surface area contributed by atoms with Crippen LogP contribution in [-0.4, -0.2) is 11.1 Å². The van der Waals surface area contributed by atoms with Crippen molar-refractivity contribution in [3.05, 3.63) is 71.9 Å². The zero-order chi connectivity index (χ0) is 19.1. The molecule has 0 aromatic heterocycles. The minimum Gasteiger partial charge on any atom is -0.314 e. The SMILES string of the molecule is C=C(CCCCCCC(=O)NO)N1c2ccccc2C=Cc2ccccc21. The summed E-state index contributed by atoms with van der Waals surface area (Å²) < 4.78 is 0. The quantitative estimate of drug-likeness (QED) is 0.361. The molecule has 0 aliphatic carbocycles. The zero-order valence-corrected chi connectivity index (χ0v) is 15.5. The molecule has 0 saturated carbocycles. The van der Waals surface area contributed by atoms with E-state index in [0.717, 1.165) is 49.2 Å². The molecule has 0 fully saturated rings. The van der Waals surface area contributed by atoms with Crippen LogP contribution in [0.3, 0.4) is 0 Å². The second-order valence-corrected chi connectivity index (χ2v) is 6.80. The van der Waals surface area contributed by atoms with Crippen molar-refractivity contribution in [1.29, 1.82) is 0 Å². The molecule has 4 heteroatoms. The molecule has 0 atom stereocenters. The van der Waals surface area contributed by atoms with E-state index in [9.17, 15) is 4.79 Å². The maximum atomic E-state index is 11.0. The molecule has 0 spiro atoms. The molecule has 1 aliphatic rings. The van der Waals surface area contributed by atoms with Crippen LogP contribution in [0.25, 0.3) is 12.2 Å². The summed E-state index contributed by atoms with van der Waals surface area (Å²) >= 11 is 0. The molecule has 0 radical (unpaired) electrons. The minimum atomic E-state index is -0.315. The molecule has 27 heavy (non-hydrogen) atoms. The lowest BCUT2D eigenvalue weighted by atomic mass is 10.1. The van der Waals surface area contributed by atoms with Crippen molar-refractivity contribution < 1.29 is 10.0 Å². The van der Waals surface area contributed by atoms with Crippen LogP contribution in [0.2, 0.25) is 0 Å². The molecule has 2 aromatic rings. The first-order valence-electron chi connectivity index (χ1n) is 9.47. The van der Waals surface area contributed by atoms with E-state index in [0.29, 0.717) is 6.42 Å². The van der Waals surface area contributed by atoms with Gasteiger partial charge in [-0.25, -0.2) is 5.48 Å². The molecular formula is C23H26N2O2. The highest BCUT2D eigenvalue weighted by molar-refractivity contribution is 5.90. The summed E-state index contributed by atoms with van der Waals surface area (Å²) in [5, 5.41) is 8.52. The first kappa shape index (κ1) is 18.9. The standard InChI is InChI=1S/C23H26N2O2/c1-18(10-4-2-3-5-15-23(26)24-27)25-21-13-8-6-11-19(21)16-17-20-12-7-9-14-22(20)25/h6-9,11-14,16-17,27H,1-5,10,15H2,(H,24,26). The van der Waals surface area contributed by atoms with Crippen LogP contribution in [0.5, 0.6) is 0 Å². The number of para-hydroxylation sites is 2. The van der Waals surface area contributed by atoms with Gasteiger partial charge in [0.2, 0.25) is 5.91 Å². The molecule has 4 nitrogen and oxygen atoms in total. The van der Waals surface area contributed by atoms with Gasteiger partial charge in [-0.3, -0.25) is 10.0 Å².